The third kappa shape index (κ3) is 2.95. The van der Waals surface area contributed by atoms with Gasteiger partial charge in [0.15, 0.2) is 0 Å². The Morgan fingerprint density at radius 1 is 0.586 bits per heavy atom. The molecule has 1 aliphatic heterocycles. The SMILES string of the molecule is CC1(C)c2cccc(c2)-c2cccc(n2)C(=O)c2cccc(n2)-c2cccc1c2. The predicted molar refractivity (Wildman–Crippen MR) is 115 cm³/mol. The van der Waals surface area contributed by atoms with Crippen LogP contribution in [-0.4, -0.2) is 15.8 Å². The third-order valence-corrected chi connectivity index (χ3v) is 5.72. The zero-order chi connectivity index (χ0) is 20.0. The van der Waals surface area contributed by atoms with Crippen LogP contribution in [-0.2, 0) is 5.41 Å². The van der Waals surface area contributed by atoms with Crippen molar-refractivity contribution in [3.63, 3.8) is 0 Å². The summed E-state index contributed by atoms with van der Waals surface area (Å²) in [5.41, 5.74) is 6.59. The number of hydrogen-bond donors (Lipinski definition) is 0. The van der Waals surface area contributed by atoms with Gasteiger partial charge in [0.05, 0.1) is 11.4 Å². The number of rotatable bonds is 0. The van der Waals surface area contributed by atoms with Gasteiger partial charge in [-0.2, -0.15) is 0 Å². The van der Waals surface area contributed by atoms with Crippen molar-refractivity contribution >= 4 is 5.78 Å². The van der Waals surface area contributed by atoms with E-state index in [-0.39, 0.29) is 11.2 Å². The van der Waals surface area contributed by atoms with E-state index in [1.165, 1.54) is 11.1 Å². The molecule has 0 aliphatic carbocycles. The van der Waals surface area contributed by atoms with Crippen molar-refractivity contribution in [1.29, 1.82) is 0 Å². The van der Waals surface area contributed by atoms with Crippen LogP contribution < -0.4 is 0 Å². The van der Waals surface area contributed by atoms with E-state index in [1.54, 1.807) is 12.1 Å². The zero-order valence-corrected chi connectivity index (χ0v) is 16.4. The molecular formula is C26H20N2O. The average molecular weight is 376 g/mol. The third-order valence-electron chi connectivity index (χ3n) is 5.72. The minimum absolute atomic E-state index is 0.168. The number of nitrogens with zero attached hydrogens (tertiary/aromatic N) is 2. The first-order valence-electron chi connectivity index (χ1n) is 9.73. The summed E-state index contributed by atoms with van der Waals surface area (Å²) in [6.45, 7) is 4.46. The molecule has 2 aromatic heterocycles. The highest BCUT2D eigenvalue weighted by Gasteiger charge is 2.25. The van der Waals surface area contributed by atoms with Gasteiger partial charge >= 0.3 is 0 Å². The first kappa shape index (κ1) is 17.5. The van der Waals surface area contributed by atoms with Gasteiger partial charge in [-0.15, -0.1) is 0 Å². The van der Waals surface area contributed by atoms with Crippen molar-refractivity contribution in [2.75, 3.05) is 0 Å². The lowest BCUT2D eigenvalue weighted by atomic mass is 9.77. The Balaban J connectivity index is 1.83. The molecule has 2 aromatic carbocycles. The van der Waals surface area contributed by atoms with E-state index in [9.17, 15) is 4.79 Å². The van der Waals surface area contributed by atoms with Crippen LogP contribution in [0, 0.1) is 0 Å². The normalized spacial score (nSPS) is 14.2. The summed E-state index contributed by atoms with van der Waals surface area (Å²) < 4.78 is 0. The molecule has 8 bridgehead atoms. The van der Waals surface area contributed by atoms with Crippen LogP contribution in [0.15, 0.2) is 84.9 Å². The van der Waals surface area contributed by atoms with Gasteiger partial charge in [0.1, 0.15) is 11.4 Å². The van der Waals surface area contributed by atoms with Gasteiger partial charge in [-0.3, -0.25) is 4.79 Å². The molecule has 0 N–H and O–H groups in total. The molecule has 140 valence electrons. The molecule has 0 amide bonds. The maximum absolute atomic E-state index is 13.1. The summed E-state index contributed by atoms with van der Waals surface area (Å²) in [5, 5.41) is 0. The molecule has 0 unspecified atom stereocenters. The van der Waals surface area contributed by atoms with E-state index in [0.29, 0.717) is 11.4 Å². The van der Waals surface area contributed by atoms with E-state index >= 15 is 0 Å². The van der Waals surface area contributed by atoms with E-state index in [4.69, 9.17) is 0 Å². The van der Waals surface area contributed by atoms with Gasteiger partial charge in [0, 0.05) is 16.5 Å². The molecule has 0 saturated carbocycles. The predicted octanol–water partition coefficient (Wildman–Crippen LogP) is 5.68. The Morgan fingerprint density at radius 2 is 1.00 bits per heavy atom. The number of carbonyl (C=O) groups is 1. The Bertz CT molecular complexity index is 1160. The lowest BCUT2D eigenvalue weighted by Crippen LogP contribution is -2.19. The molecule has 0 spiro atoms. The highest BCUT2D eigenvalue weighted by Crippen LogP contribution is 2.35. The van der Waals surface area contributed by atoms with Gasteiger partial charge in [-0.25, -0.2) is 9.97 Å². The standard InChI is InChI=1S/C26H20N2O/c1-26(2)19-9-3-7-17(15-19)21-11-5-13-23(27-21)25(29)24-14-6-12-22(28-24)18-8-4-10-20(26)16-18/h3-16H,1-2H3. The minimum Gasteiger partial charge on any atom is -0.285 e. The van der Waals surface area contributed by atoms with Crippen molar-refractivity contribution < 1.29 is 4.79 Å². The molecule has 3 heterocycles. The number of benzene rings is 2. The molecule has 5 rings (SSSR count). The van der Waals surface area contributed by atoms with Crippen LogP contribution in [0.4, 0.5) is 0 Å². The van der Waals surface area contributed by atoms with E-state index in [1.807, 2.05) is 36.4 Å². The van der Waals surface area contributed by atoms with Crippen molar-refractivity contribution in [2.45, 2.75) is 19.3 Å². The van der Waals surface area contributed by atoms with Gasteiger partial charge in [0.2, 0.25) is 5.78 Å². The topological polar surface area (TPSA) is 42.9 Å². The molecule has 0 fully saturated rings. The number of ketones is 1. The summed E-state index contributed by atoms with van der Waals surface area (Å²) in [6.07, 6.45) is 0. The van der Waals surface area contributed by atoms with E-state index < -0.39 is 0 Å². The second kappa shape index (κ2) is 6.49. The molecule has 4 aromatic rings. The lowest BCUT2D eigenvalue weighted by molar-refractivity contribution is 0.103. The molecule has 0 atom stereocenters. The van der Waals surface area contributed by atoms with Gasteiger partial charge in [0.25, 0.3) is 0 Å². The van der Waals surface area contributed by atoms with Crippen LogP contribution in [0.2, 0.25) is 0 Å². The van der Waals surface area contributed by atoms with Crippen LogP contribution >= 0.6 is 0 Å². The number of aromatic nitrogens is 2. The summed E-state index contributed by atoms with van der Waals surface area (Å²) in [5.74, 6) is -0.168. The fourth-order valence-corrected chi connectivity index (χ4v) is 3.88. The monoisotopic (exact) mass is 376 g/mol. The van der Waals surface area contributed by atoms with Gasteiger partial charge in [-0.1, -0.05) is 62.4 Å². The van der Waals surface area contributed by atoms with Crippen LogP contribution in [0.3, 0.4) is 0 Å². The quantitative estimate of drug-likeness (QED) is 0.396. The zero-order valence-electron chi connectivity index (χ0n) is 16.4. The van der Waals surface area contributed by atoms with Crippen molar-refractivity contribution in [3.8, 4) is 22.5 Å². The highest BCUT2D eigenvalue weighted by atomic mass is 16.1. The lowest BCUT2D eigenvalue weighted by Gasteiger charge is -2.27. The first-order chi connectivity index (χ1) is 14.0. The van der Waals surface area contributed by atoms with Crippen molar-refractivity contribution in [1.82, 2.24) is 9.97 Å². The Hall–Kier alpha value is -3.59. The van der Waals surface area contributed by atoms with Crippen LogP contribution in [0.25, 0.3) is 22.5 Å². The molecule has 3 heteroatoms. The van der Waals surface area contributed by atoms with E-state index in [2.05, 4.69) is 60.2 Å². The fraction of sp³-hybridized carbons (Fsp3) is 0.115. The van der Waals surface area contributed by atoms with Crippen LogP contribution in [0.1, 0.15) is 41.2 Å². The first-order valence-corrected chi connectivity index (χ1v) is 9.73. The Kier molecular flexibility index (Phi) is 3.92. The maximum Gasteiger partial charge on any atom is 0.229 e. The molecule has 29 heavy (non-hydrogen) atoms. The second-order valence-corrected chi connectivity index (χ2v) is 7.93. The van der Waals surface area contributed by atoms with Crippen molar-refractivity contribution in [2.24, 2.45) is 0 Å². The summed E-state index contributed by atoms with van der Waals surface area (Å²) in [6, 6.07) is 28.0. The Labute approximate surface area is 170 Å². The number of carbonyl (C=O) groups excluding carboxylic acids is 1. The van der Waals surface area contributed by atoms with Gasteiger partial charge < -0.3 is 0 Å². The van der Waals surface area contributed by atoms with Crippen LogP contribution in [0.5, 0.6) is 0 Å². The average Bonchev–Trinajstić information content (AvgIpc) is 2.78. The maximum atomic E-state index is 13.1. The number of fused-ring (bicyclic) bond motifs is 10. The smallest absolute Gasteiger partial charge is 0.229 e. The van der Waals surface area contributed by atoms with E-state index in [0.717, 1.165) is 22.5 Å². The fourth-order valence-electron chi connectivity index (χ4n) is 3.88. The summed E-state index contributed by atoms with van der Waals surface area (Å²) in [7, 11) is 0. The molecule has 0 saturated heterocycles. The van der Waals surface area contributed by atoms with Gasteiger partial charge in [-0.05, 0) is 47.5 Å². The largest absolute Gasteiger partial charge is 0.285 e. The molecular weight excluding hydrogens is 356 g/mol. The highest BCUT2D eigenvalue weighted by molar-refractivity contribution is 6.06. The molecule has 1 aliphatic rings. The second-order valence-electron chi connectivity index (χ2n) is 7.93. The minimum atomic E-state index is -0.193. The Morgan fingerprint density at radius 3 is 1.48 bits per heavy atom. The number of pyridine rings is 2. The van der Waals surface area contributed by atoms with Crippen molar-refractivity contribution in [3.05, 3.63) is 107 Å². The summed E-state index contributed by atoms with van der Waals surface area (Å²) >= 11 is 0. The summed E-state index contributed by atoms with van der Waals surface area (Å²) in [4.78, 5) is 22.4. The molecule has 3 nitrogen and oxygen atoms in total. The number of hydrogen-bond acceptors (Lipinski definition) is 3. The molecule has 0 radical (unpaired) electrons.